The molecule has 4 aromatic carbocycles. The number of allylic oxidation sites excluding steroid dienone is 9. The molecule has 0 spiro atoms. The van der Waals surface area contributed by atoms with Gasteiger partial charge in [0.1, 0.15) is 9.79 Å². The minimum atomic E-state index is -5.04. The van der Waals surface area contributed by atoms with Crippen molar-refractivity contribution < 1.29 is 85.5 Å². The van der Waals surface area contributed by atoms with Gasteiger partial charge in [0.2, 0.25) is 0 Å². The van der Waals surface area contributed by atoms with Gasteiger partial charge in [-0.25, -0.2) is 0 Å². The number of anilines is 1. The maximum absolute atomic E-state index is 12.8. The lowest BCUT2D eigenvalue weighted by Crippen LogP contribution is -2.30. The molecule has 0 radical (unpaired) electrons. The highest BCUT2D eigenvalue weighted by Gasteiger charge is 2.45. The van der Waals surface area contributed by atoms with Crippen molar-refractivity contribution in [1.29, 1.82) is 0 Å². The molecular weight excluding hydrogens is 1080 g/mol. The molecule has 0 aromatic heterocycles. The quantitative estimate of drug-likeness (QED) is 0.0180. The van der Waals surface area contributed by atoms with Gasteiger partial charge in [-0.2, -0.15) is 33.7 Å². The number of carboxylic acids is 1. The molecule has 20 nitrogen and oxygen atoms in total. The van der Waals surface area contributed by atoms with Crippen LogP contribution in [0.3, 0.4) is 0 Å². The first kappa shape index (κ1) is 62.7. The molecule has 0 bridgehead atoms. The van der Waals surface area contributed by atoms with Crippen LogP contribution >= 0.6 is 0 Å². The zero-order chi connectivity index (χ0) is 57.0. The molecule has 0 saturated heterocycles. The summed E-state index contributed by atoms with van der Waals surface area (Å²) >= 11 is 0. The standard InChI is InChI=1S/C53H67NO19S4/c1-37-18-19-41-43(33-39(74(57,58)59)35-46(41)76(63,64)65)50(37)52(3,4)38(2)15-11-8-7-9-12-16-48-53(5,22-24-70-27-28-72-31-32-73-30-29-71-26-25-69-6)51-44-34-40(75(60,61)62)36-47(77(66,67)68)42(44)20-21-45(51)54(48)23-14-10-13-17-49(55)56/h7-9,11-12,15-16,18-21,33-36H,2,10,13-14,17,22-32H2,1,3-6H3,(H,55,56)(H,57,58,59)(H,60,61,62)(H,63,64,65)(H,66,67,68)/b8-7+,12-9+,15-11+,48-16+. The maximum Gasteiger partial charge on any atom is 0.303 e. The van der Waals surface area contributed by atoms with E-state index < -0.39 is 76.9 Å². The Balaban J connectivity index is 1.49. The van der Waals surface area contributed by atoms with Gasteiger partial charge in [-0.3, -0.25) is 23.0 Å². The molecule has 4 aromatic rings. The average molecular weight is 1150 g/mol. The number of methoxy groups -OCH3 is 1. The van der Waals surface area contributed by atoms with Gasteiger partial charge in [0.15, 0.2) is 0 Å². The van der Waals surface area contributed by atoms with Gasteiger partial charge >= 0.3 is 5.97 Å². The van der Waals surface area contributed by atoms with E-state index in [1.807, 2.05) is 17.9 Å². The van der Waals surface area contributed by atoms with E-state index >= 15 is 0 Å². The van der Waals surface area contributed by atoms with E-state index in [0.717, 1.165) is 6.07 Å². The van der Waals surface area contributed by atoms with E-state index in [-0.39, 0.29) is 54.2 Å². The Hall–Kier alpha value is -5.19. The van der Waals surface area contributed by atoms with E-state index in [0.29, 0.717) is 111 Å². The Morgan fingerprint density at radius 3 is 1.66 bits per heavy atom. The molecule has 1 heterocycles. The highest BCUT2D eigenvalue weighted by molar-refractivity contribution is 7.87. The van der Waals surface area contributed by atoms with Crippen LogP contribution in [0.2, 0.25) is 0 Å². The lowest BCUT2D eigenvalue weighted by molar-refractivity contribution is -0.137. The van der Waals surface area contributed by atoms with Crippen LogP contribution in [0.1, 0.15) is 69.6 Å². The molecule has 0 aliphatic carbocycles. The van der Waals surface area contributed by atoms with Crippen LogP contribution in [0.4, 0.5) is 5.69 Å². The number of aliphatic carboxylic acids is 1. The van der Waals surface area contributed by atoms with Gasteiger partial charge in [0.25, 0.3) is 40.5 Å². The molecule has 1 aliphatic rings. The summed E-state index contributed by atoms with van der Waals surface area (Å²) in [5.41, 5.74) is 1.37. The van der Waals surface area contributed by atoms with Crippen LogP contribution < -0.4 is 4.90 Å². The molecule has 5 rings (SSSR count). The van der Waals surface area contributed by atoms with Crippen LogP contribution in [0.15, 0.2) is 128 Å². The molecule has 77 heavy (non-hydrogen) atoms. The number of carbonyl (C=O) groups is 1. The normalized spacial score (nSPS) is 16.3. The predicted octanol–water partition coefficient (Wildman–Crippen LogP) is 8.20. The summed E-state index contributed by atoms with van der Waals surface area (Å²) in [6.45, 7) is 14.8. The van der Waals surface area contributed by atoms with Crippen molar-refractivity contribution >= 4 is 73.7 Å². The van der Waals surface area contributed by atoms with E-state index in [9.17, 15) is 61.8 Å². The summed E-state index contributed by atoms with van der Waals surface area (Å²) in [5, 5.41) is 9.63. The summed E-state index contributed by atoms with van der Waals surface area (Å²) in [6, 6.07) is 9.90. The maximum atomic E-state index is 12.8. The molecule has 0 amide bonds. The SMILES string of the molecule is C=C(/C=C/C=C/C=C/C=C1/N(CCCCCC(=O)O)c2ccc3c(S(=O)(=O)O)cc(S(=O)(=O)O)cc3c2C1(C)CCOCCOCCOCCOCCOC)C(C)(C)c1c(C)ccc2c(S(=O)(=O)O)cc(S(=O)(=O)O)cc12. The molecule has 1 unspecified atom stereocenters. The van der Waals surface area contributed by atoms with Crippen LogP contribution in [0.5, 0.6) is 0 Å². The number of nitrogens with zero attached hydrogens (tertiary/aromatic N) is 1. The third kappa shape index (κ3) is 16.2. The highest BCUT2D eigenvalue weighted by Crippen LogP contribution is 2.54. The first-order chi connectivity index (χ1) is 36.0. The van der Waals surface area contributed by atoms with Crippen molar-refractivity contribution in [3.63, 3.8) is 0 Å². The Labute approximate surface area is 450 Å². The molecule has 5 N–H and O–H groups in total. The van der Waals surface area contributed by atoms with Gasteiger partial charge in [-0.05, 0) is 103 Å². The van der Waals surface area contributed by atoms with Crippen molar-refractivity contribution in [2.24, 2.45) is 0 Å². The van der Waals surface area contributed by atoms with Crippen LogP contribution in [0.25, 0.3) is 21.5 Å². The minimum Gasteiger partial charge on any atom is -0.481 e. The first-order valence-corrected chi connectivity index (χ1v) is 30.1. The number of fused-ring (bicyclic) bond motifs is 4. The zero-order valence-electron chi connectivity index (χ0n) is 43.5. The molecule has 24 heteroatoms. The smallest absolute Gasteiger partial charge is 0.303 e. The molecule has 0 fully saturated rings. The number of carboxylic acid groups (broad SMARTS) is 1. The summed E-state index contributed by atoms with van der Waals surface area (Å²) < 4.78 is 168. The number of hydrogen-bond acceptors (Lipinski definition) is 15. The summed E-state index contributed by atoms with van der Waals surface area (Å²) in [5.74, 6) is -0.937. The second kappa shape index (κ2) is 26.6. The number of rotatable bonds is 31. The van der Waals surface area contributed by atoms with Gasteiger partial charge in [0, 0.05) is 59.7 Å². The van der Waals surface area contributed by atoms with E-state index in [4.69, 9.17) is 23.7 Å². The first-order valence-electron chi connectivity index (χ1n) is 24.3. The largest absolute Gasteiger partial charge is 0.481 e. The predicted molar refractivity (Wildman–Crippen MR) is 290 cm³/mol. The topological polar surface area (TPSA) is 304 Å². The second-order valence-corrected chi connectivity index (χ2v) is 24.5. The van der Waals surface area contributed by atoms with Crippen molar-refractivity contribution in [3.8, 4) is 0 Å². The second-order valence-electron chi connectivity index (χ2n) is 18.9. The Bertz CT molecular complexity index is 3400. The number of aryl methyl sites for hydroxylation is 1. The Morgan fingerprint density at radius 2 is 1.13 bits per heavy atom. The number of ether oxygens (including phenoxy) is 5. The number of unbranched alkanes of at least 4 members (excludes halogenated alkanes) is 2. The minimum absolute atomic E-state index is 0.00181. The summed E-state index contributed by atoms with van der Waals surface area (Å²) in [4.78, 5) is 10.4. The van der Waals surface area contributed by atoms with Gasteiger partial charge in [-0.15, -0.1) is 0 Å². The fourth-order valence-electron chi connectivity index (χ4n) is 9.31. The van der Waals surface area contributed by atoms with E-state index in [2.05, 4.69) is 6.58 Å². The third-order valence-corrected chi connectivity index (χ3v) is 16.6. The number of hydrogen-bond donors (Lipinski definition) is 5. The summed E-state index contributed by atoms with van der Waals surface area (Å²) in [6.07, 6.45) is 13.9. The van der Waals surface area contributed by atoms with Crippen molar-refractivity contribution in [1.82, 2.24) is 0 Å². The van der Waals surface area contributed by atoms with Gasteiger partial charge in [-0.1, -0.05) is 81.5 Å². The third-order valence-electron chi connectivity index (χ3n) is 13.2. The number of benzene rings is 4. The van der Waals surface area contributed by atoms with Gasteiger partial charge < -0.3 is 33.7 Å². The molecule has 1 aliphatic heterocycles. The van der Waals surface area contributed by atoms with E-state index in [1.165, 1.54) is 18.2 Å². The molecule has 1 atom stereocenters. The van der Waals surface area contributed by atoms with Crippen molar-refractivity contribution in [2.75, 3.05) is 78.0 Å². The zero-order valence-corrected chi connectivity index (χ0v) is 46.8. The molecule has 422 valence electrons. The lowest BCUT2D eigenvalue weighted by Gasteiger charge is -2.31. The van der Waals surface area contributed by atoms with Crippen LogP contribution in [-0.4, -0.2) is 136 Å². The Kier molecular flexibility index (Phi) is 21.7. The van der Waals surface area contributed by atoms with Crippen molar-refractivity contribution in [2.45, 2.75) is 90.2 Å². The monoisotopic (exact) mass is 1150 g/mol. The molecule has 0 saturated carbocycles. The molecular formula is C53H67NO19S4. The fraction of sp³-hybridized carbons (Fsp3) is 0.415. The van der Waals surface area contributed by atoms with Gasteiger partial charge in [0.05, 0.1) is 62.6 Å². The highest BCUT2D eigenvalue weighted by atomic mass is 32.2. The van der Waals surface area contributed by atoms with Crippen LogP contribution in [-0.2, 0) is 79.8 Å². The summed E-state index contributed by atoms with van der Waals surface area (Å²) in [7, 11) is -18.3. The lowest BCUT2D eigenvalue weighted by atomic mass is 9.74. The Morgan fingerprint density at radius 1 is 0.636 bits per heavy atom. The van der Waals surface area contributed by atoms with Crippen LogP contribution in [0, 0.1) is 6.92 Å². The fourth-order valence-corrected chi connectivity index (χ4v) is 12.0. The van der Waals surface area contributed by atoms with Crippen molar-refractivity contribution in [3.05, 3.63) is 126 Å². The van der Waals surface area contributed by atoms with E-state index in [1.54, 1.807) is 76.5 Å². The average Bonchev–Trinajstić information content (AvgIpc) is 3.60.